The highest BCUT2D eigenvalue weighted by Gasteiger charge is 2.24. The number of nitrogens with one attached hydrogen (secondary N) is 1. The van der Waals surface area contributed by atoms with E-state index in [1.807, 2.05) is 19.9 Å². The van der Waals surface area contributed by atoms with Gasteiger partial charge in [0.05, 0.1) is 11.1 Å². The molecule has 0 radical (unpaired) electrons. The van der Waals surface area contributed by atoms with Gasteiger partial charge >= 0.3 is 0 Å². The van der Waals surface area contributed by atoms with Gasteiger partial charge in [-0.15, -0.1) is 0 Å². The molecule has 7 nitrogen and oxygen atoms in total. The Balaban J connectivity index is 1.99. The Morgan fingerprint density at radius 2 is 2.08 bits per heavy atom. The number of rotatable bonds is 4. The van der Waals surface area contributed by atoms with Crippen LogP contribution in [0.4, 0.5) is 5.69 Å². The first kappa shape index (κ1) is 18.1. The second-order valence-electron chi connectivity index (χ2n) is 6.17. The number of anilines is 1. The van der Waals surface area contributed by atoms with Gasteiger partial charge in [-0.3, -0.25) is 9.59 Å². The predicted octanol–water partition coefficient (Wildman–Crippen LogP) is 3.55. The lowest BCUT2D eigenvalue weighted by Gasteiger charge is -2.17. The Morgan fingerprint density at radius 3 is 2.73 bits per heavy atom. The van der Waals surface area contributed by atoms with Crippen molar-refractivity contribution in [3.63, 3.8) is 0 Å². The molecular weight excluding hydrogens is 356 g/mol. The molecule has 0 spiro atoms. The van der Waals surface area contributed by atoms with Crippen molar-refractivity contribution < 1.29 is 9.32 Å². The SMILES string of the molecule is CC[C@@H](C(=O)Nc1ccc(C)c(Cl)c1)n1nc(C)c2c(C)onc2c1=O. The zero-order valence-corrected chi connectivity index (χ0v) is 15.7. The minimum atomic E-state index is -0.775. The zero-order chi connectivity index (χ0) is 19.0. The van der Waals surface area contributed by atoms with E-state index in [0.717, 1.165) is 5.56 Å². The Bertz CT molecular complexity index is 1050. The smallest absolute Gasteiger partial charge is 0.297 e. The highest BCUT2D eigenvalue weighted by molar-refractivity contribution is 6.31. The molecule has 2 aromatic heterocycles. The molecule has 1 atom stereocenters. The van der Waals surface area contributed by atoms with E-state index in [-0.39, 0.29) is 11.4 Å². The molecule has 26 heavy (non-hydrogen) atoms. The van der Waals surface area contributed by atoms with E-state index in [0.29, 0.717) is 34.0 Å². The third-order valence-electron chi connectivity index (χ3n) is 4.32. The van der Waals surface area contributed by atoms with Gasteiger partial charge in [-0.25, -0.2) is 4.68 Å². The van der Waals surface area contributed by atoms with Crippen molar-refractivity contribution in [2.24, 2.45) is 0 Å². The largest absolute Gasteiger partial charge is 0.360 e. The molecule has 0 aliphatic rings. The summed E-state index contributed by atoms with van der Waals surface area (Å²) in [4.78, 5) is 25.5. The molecule has 0 saturated carbocycles. The van der Waals surface area contributed by atoms with E-state index in [1.165, 1.54) is 4.68 Å². The lowest BCUT2D eigenvalue weighted by atomic mass is 10.1. The summed E-state index contributed by atoms with van der Waals surface area (Å²) in [5.41, 5.74) is 1.79. The Kier molecular flexibility index (Phi) is 4.82. The number of aryl methyl sites for hydroxylation is 3. The number of carbonyl (C=O) groups excluding carboxylic acids is 1. The fourth-order valence-corrected chi connectivity index (χ4v) is 3.07. The van der Waals surface area contributed by atoms with Crippen molar-refractivity contribution in [2.45, 2.75) is 40.2 Å². The van der Waals surface area contributed by atoms with Crippen molar-refractivity contribution in [2.75, 3.05) is 5.32 Å². The van der Waals surface area contributed by atoms with Crippen molar-refractivity contribution in [3.05, 3.63) is 50.6 Å². The van der Waals surface area contributed by atoms with Crippen LogP contribution in [0.5, 0.6) is 0 Å². The number of carbonyl (C=O) groups is 1. The molecule has 1 amide bonds. The first-order valence-corrected chi connectivity index (χ1v) is 8.63. The van der Waals surface area contributed by atoms with Gasteiger partial charge in [-0.1, -0.05) is 29.7 Å². The number of benzene rings is 1. The maximum Gasteiger partial charge on any atom is 0.297 e. The lowest BCUT2D eigenvalue weighted by molar-refractivity contribution is -0.119. The van der Waals surface area contributed by atoms with Crippen LogP contribution in [0.15, 0.2) is 27.5 Å². The van der Waals surface area contributed by atoms with Crippen molar-refractivity contribution in [1.29, 1.82) is 0 Å². The average molecular weight is 375 g/mol. The van der Waals surface area contributed by atoms with Crippen LogP contribution in [0.3, 0.4) is 0 Å². The summed E-state index contributed by atoms with van der Waals surface area (Å²) in [5.74, 6) is 0.182. The predicted molar refractivity (Wildman–Crippen MR) is 99.7 cm³/mol. The number of aromatic nitrogens is 3. The van der Waals surface area contributed by atoms with Crippen molar-refractivity contribution >= 4 is 34.1 Å². The minimum Gasteiger partial charge on any atom is -0.360 e. The van der Waals surface area contributed by atoms with Gasteiger partial charge in [0.2, 0.25) is 5.91 Å². The van der Waals surface area contributed by atoms with Crippen LogP contribution in [0, 0.1) is 20.8 Å². The van der Waals surface area contributed by atoms with E-state index in [1.54, 1.807) is 26.0 Å². The number of fused-ring (bicyclic) bond motifs is 1. The summed E-state index contributed by atoms with van der Waals surface area (Å²) >= 11 is 6.10. The fraction of sp³-hybridized carbons (Fsp3) is 0.333. The second-order valence-corrected chi connectivity index (χ2v) is 6.58. The monoisotopic (exact) mass is 374 g/mol. The van der Waals surface area contributed by atoms with Gasteiger partial charge in [0.1, 0.15) is 11.8 Å². The molecule has 1 aromatic carbocycles. The maximum absolute atomic E-state index is 12.7. The summed E-state index contributed by atoms with van der Waals surface area (Å²) in [5, 5.41) is 12.1. The molecule has 0 fully saturated rings. The van der Waals surface area contributed by atoms with E-state index >= 15 is 0 Å². The summed E-state index contributed by atoms with van der Waals surface area (Å²) < 4.78 is 6.28. The normalized spacial score (nSPS) is 12.3. The topological polar surface area (TPSA) is 90.0 Å². The molecule has 0 bridgehead atoms. The van der Waals surface area contributed by atoms with E-state index in [4.69, 9.17) is 16.1 Å². The Morgan fingerprint density at radius 1 is 1.35 bits per heavy atom. The quantitative estimate of drug-likeness (QED) is 0.754. The lowest BCUT2D eigenvalue weighted by Crippen LogP contribution is -2.35. The first-order chi connectivity index (χ1) is 12.3. The van der Waals surface area contributed by atoms with Gasteiger partial charge in [0.25, 0.3) is 5.56 Å². The molecule has 0 aliphatic carbocycles. The number of hydrogen-bond donors (Lipinski definition) is 1. The highest BCUT2D eigenvalue weighted by atomic mass is 35.5. The third kappa shape index (κ3) is 3.10. The molecule has 136 valence electrons. The first-order valence-electron chi connectivity index (χ1n) is 8.26. The molecule has 2 heterocycles. The molecular formula is C18H19ClN4O3. The standard InChI is InChI=1S/C18H19ClN4O3/c1-5-14(17(24)20-12-7-6-9(2)13(19)8-12)23-18(25)16-15(10(3)21-23)11(4)26-22-16/h6-8,14H,5H2,1-4H3,(H,20,24)/t14-/m0/s1. The van der Waals surface area contributed by atoms with Gasteiger partial charge in [0, 0.05) is 10.7 Å². The van der Waals surface area contributed by atoms with Gasteiger partial charge in [0.15, 0.2) is 5.52 Å². The van der Waals surface area contributed by atoms with Crippen molar-refractivity contribution in [3.8, 4) is 0 Å². The molecule has 3 aromatic rings. The Labute approximate surface area is 154 Å². The second kappa shape index (κ2) is 6.92. The highest BCUT2D eigenvalue weighted by Crippen LogP contribution is 2.22. The molecule has 0 unspecified atom stereocenters. The van der Waals surface area contributed by atoms with Gasteiger partial charge < -0.3 is 9.84 Å². The van der Waals surface area contributed by atoms with E-state index in [2.05, 4.69) is 15.6 Å². The molecule has 0 aliphatic heterocycles. The van der Waals surface area contributed by atoms with Gasteiger partial charge in [-0.2, -0.15) is 5.10 Å². The number of nitrogens with zero attached hydrogens (tertiary/aromatic N) is 3. The fourth-order valence-electron chi connectivity index (χ4n) is 2.89. The minimum absolute atomic E-state index is 0.180. The molecule has 0 saturated heterocycles. The van der Waals surface area contributed by atoms with Crippen LogP contribution in [-0.2, 0) is 4.79 Å². The third-order valence-corrected chi connectivity index (χ3v) is 4.72. The summed E-state index contributed by atoms with van der Waals surface area (Å²) in [6, 6.07) is 4.48. The molecule has 8 heteroatoms. The van der Waals surface area contributed by atoms with Crippen LogP contribution in [0.1, 0.15) is 36.4 Å². The Hall–Kier alpha value is -2.67. The van der Waals surface area contributed by atoms with E-state index in [9.17, 15) is 9.59 Å². The van der Waals surface area contributed by atoms with Crippen LogP contribution in [0.2, 0.25) is 5.02 Å². The van der Waals surface area contributed by atoms with Crippen LogP contribution >= 0.6 is 11.6 Å². The summed E-state index contributed by atoms with van der Waals surface area (Å²) in [6.45, 7) is 7.17. The van der Waals surface area contributed by atoms with Crippen molar-refractivity contribution in [1.82, 2.24) is 14.9 Å². The summed E-state index contributed by atoms with van der Waals surface area (Å²) in [6.07, 6.45) is 0.389. The molecule has 1 N–H and O–H groups in total. The van der Waals surface area contributed by atoms with Gasteiger partial charge in [-0.05, 0) is 44.9 Å². The number of halogens is 1. The molecule has 3 rings (SSSR count). The van der Waals surface area contributed by atoms with Crippen LogP contribution in [0.25, 0.3) is 10.9 Å². The van der Waals surface area contributed by atoms with Crippen LogP contribution < -0.4 is 10.9 Å². The maximum atomic E-state index is 12.7. The summed E-state index contributed by atoms with van der Waals surface area (Å²) in [7, 11) is 0. The van der Waals surface area contributed by atoms with E-state index < -0.39 is 11.6 Å². The zero-order valence-electron chi connectivity index (χ0n) is 15.0. The average Bonchev–Trinajstić information content (AvgIpc) is 2.99. The van der Waals surface area contributed by atoms with Crippen LogP contribution in [-0.4, -0.2) is 20.8 Å². The number of hydrogen-bond acceptors (Lipinski definition) is 5. The number of amides is 1.